The summed E-state index contributed by atoms with van der Waals surface area (Å²) < 4.78 is 26.2. The Morgan fingerprint density at radius 1 is 0.589 bits per heavy atom. The van der Waals surface area contributed by atoms with Crippen LogP contribution in [0.3, 0.4) is 0 Å². The Labute approximate surface area is 337 Å². The summed E-state index contributed by atoms with van der Waals surface area (Å²) in [4.78, 5) is 42.8. The highest BCUT2D eigenvalue weighted by molar-refractivity contribution is 7.46. The fraction of sp³-hybridized carbons (Fsp3) is 0.556. The first-order valence-electron chi connectivity index (χ1n) is 20.4. The normalized spacial score (nSPS) is 14.8. The third-order valence-electron chi connectivity index (χ3n) is 7.95. The Hall–Kier alpha value is -3.37. The lowest BCUT2D eigenvalue weighted by Crippen LogP contribution is -2.29. The number of hydrogen-bond donors (Lipinski definition) is 4. The van der Waals surface area contributed by atoms with Crippen LogP contribution in [-0.2, 0) is 28.2 Å². The molecule has 316 valence electrons. The predicted molar refractivity (Wildman–Crippen MR) is 228 cm³/mol. The van der Waals surface area contributed by atoms with E-state index in [4.69, 9.17) is 19.3 Å². The van der Waals surface area contributed by atoms with E-state index in [-0.39, 0.29) is 19.4 Å². The van der Waals surface area contributed by atoms with E-state index < -0.39 is 44.7 Å². The Morgan fingerprint density at radius 2 is 1.16 bits per heavy atom. The van der Waals surface area contributed by atoms with Crippen molar-refractivity contribution >= 4 is 19.8 Å². The number of aliphatic hydroxyl groups is 2. The van der Waals surface area contributed by atoms with Gasteiger partial charge in [0.15, 0.2) is 6.10 Å². The number of hydrogen-bond acceptors (Lipinski definition) is 8. The van der Waals surface area contributed by atoms with Gasteiger partial charge in [0.1, 0.15) is 6.61 Å². The van der Waals surface area contributed by atoms with Gasteiger partial charge in [-0.15, -0.1) is 0 Å². The van der Waals surface area contributed by atoms with Crippen LogP contribution in [0, 0.1) is 0 Å². The number of allylic oxidation sites excluding steroid dienone is 14. The summed E-state index contributed by atoms with van der Waals surface area (Å²) >= 11 is 0. The Kier molecular flexibility index (Phi) is 36.2. The highest BCUT2D eigenvalue weighted by Gasteiger charge is 2.22. The molecule has 0 aromatic heterocycles. The van der Waals surface area contributed by atoms with Crippen LogP contribution in [0.2, 0.25) is 0 Å². The lowest BCUT2D eigenvalue weighted by molar-refractivity contribution is -0.161. The number of unbranched alkanes of at least 4 members (excludes halogenated alkanes) is 8. The van der Waals surface area contributed by atoms with E-state index in [9.17, 15) is 24.4 Å². The van der Waals surface area contributed by atoms with Crippen molar-refractivity contribution in [1.82, 2.24) is 0 Å². The third kappa shape index (κ3) is 40.3. The Morgan fingerprint density at radius 3 is 1.82 bits per heavy atom. The van der Waals surface area contributed by atoms with Gasteiger partial charge in [-0.2, -0.15) is 0 Å². The van der Waals surface area contributed by atoms with E-state index in [1.54, 1.807) is 30.4 Å². The smallest absolute Gasteiger partial charge is 0.462 e. The number of rotatable bonds is 35. The van der Waals surface area contributed by atoms with Gasteiger partial charge in [0.05, 0.1) is 18.8 Å². The van der Waals surface area contributed by atoms with Crippen LogP contribution in [-0.4, -0.2) is 63.5 Å². The minimum absolute atomic E-state index is 0.00835. The summed E-state index contributed by atoms with van der Waals surface area (Å²) in [5.41, 5.74) is 0. The fourth-order valence-corrected chi connectivity index (χ4v) is 5.25. The van der Waals surface area contributed by atoms with E-state index in [2.05, 4.69) is 41.8 Å². The lowest BCUT2D eigenvalue weighted by Gasteiger charge is -2.18. The molecule has 0 aliphatic rings. The maximum atomic E-state index is 12.4. The minimum Gasteiger partial charge on any atom is -0.462 e. The second-order valence-corrected chi connectivity index (χ2v) is 14.5. The summed E-state index contributed by atoms with van der Waals surface area (Å²) in [6, 6.07) is 0. The molecule has 0 bridgehead atoms. The molecule has 0 radical (unpaired) electrons. The number of phosphoric ester groups is 1. The molecule has 3 atom stereocenters. The summed E-state index contributed by atoms with van der Waals surface area (Å²) in [5, 5.41) is 19.9. The highest BCUT2D eigenvalue weighted by atomic mass is 31.2. The molecule has 0 unspecified atom stereocenters. The van der Waals surface area contributed by atoms with Crippen molar-refractivity contribution < 1.29 is 48.2 Å². The summed E-state index contributed by atoms with van der Waals surface area (Å²) in [7, 11) is -4.83. The molecular formula is C45H71O10P. The average Bonchev–Trinajstić information content (AvgIpc) is 3.16. The van der Waals surface area contributed by atoms with Crippen LogP contribution in [0.25, 0.3) is 0 Å². The molecule has 0 heterocycles. The third-order valence-corrected chi connectivity index (χ3v) is 8.44. The Balaban J connectivity index is 4.31. The topological polar surface area (TPSA) is 160 Å². The molecule has 0 aromatic carbocycles. The summed E-state index contributed by atoms with van der Waals surface area (Å²) in [6.07, 6.45) is 47.5. The molecular weight excluding hydrogens is 731 g/mol. The largest absolute Gasteiger partial charge is 0.469 e. The number of ether oxygens (including phenoxy) is 2. The summed E-state index contributed by atoms with van der Waals surface area (Å²) in [6.45, 7) is 3.27. The monoisotopic (exact) mass is 802 g/mol. The molecule has 11 heteroatoms. The van der Waals surface area contributed by atoms with Crippen molar-refractivity contribution in [3.8, 4) is 0 Å². The molecule has 0 fully saturated rings. The van der Waals surface area contributed by atoms with Gasteiger partial charge in [0.2, 0.25) is 0 Å². The molecule has 0 spiro atoms. The molecule has 0 saturated heterocycles. The van der Waals surface area contributed by atoms with E-state index >= 15 is 0 Å². The molecule has 0 aromatic rings. The van der Waals surface area contributed by atoms with Gasteiger partial charge in [0.25, 0.3) is 0 Å². The van der Waals surface area contributed by atoms with Gasteiger partial charge in [-0.1, -0.05) is 155 Å². The van der Waals surface area contributed by atoms with Crippen LogP contribution in [0.15, 0.2) is 109 Å². The predicted octanol–water partition coefficient (Wildman–Crippen LogP) is 10.3. The van der Waals surface area contributed by atoms with Crippen LogP contribution in [0.5, 0.6) is 0 Å². The quantitative estimate of drug-likeness (QED) is 0.0160. The number of carbonyl (C=O) groups is 2. The van der Waals surface area contributed by atoms with Gasteiger partial charge in [-0.05, 0) is 70.6 Å². The highest BCUT2D eigenvalue weighted by Crippen LogP contribution is 2.36. The van der Waals surface area contributed by atoms with Crippen LogP contribution >= 0.6 is 7.82 Å². The molecule has 0 amide bonds. The first kappa shape index (κ1) is 52.6. The molecule has 0 saturated carbocycles. The second-order valence-electron chi connectivity index (χ2n) is 13.3. The zero-order chi connectivity index (χ0) is 41.4. The molecule has 56 heavy (non-hydrogen) atoms. The number of phosphoric acid groups is 1. The molecule has 4 N–H and O–H groups in total. The molecule has 10 nitrogen and oxygen atoms in total. The number of esters is 2. The van der Waals surface area contributed by atoms with Gasteiger partial charge < -0.3 is 29.5 Å². The van der Waals surface area contributed by atoms with E-state index in [1.807, 2.05) is 55.5 Å². The fourth-order valence-electron chi connectivity index (χ4n) is 4.89. The molecule has 0 aliphatic carbocycles. The van der Waals surface area contributed by atoms with Crippen molar-refractivity contribution in [1.29, 1.82) is 0 Å². The zero-order valence-corrected chi connectivity index (χ0v) is 34.8. The van der Waals surface area contributed by atoms with Gasteiger partial charge in [0, 0.05) is 12.8 Å². The Bertz CT molecular complexity index is 1300. The average molecular weight is 803 g/mol. The van der Waals surface area contributed by atoms with E-state index in [0.29, 0.717) is 38.5 Å². The first-order valence-corrected chi connectivity index (χ1v) is 21.9. The van der Waals surface area contributed by atoms with Crippen LogP contribution < -0.4 is 0 Å². The van der Waals surface area contributed by atoms with Crippen molar-refractivity contribution in [2.24, 2.45) is 0 Å². The zero-order valence-electron chi connectivity index (χ0n) is 34.0. The van der Waals surface area contributed by atoms with Gasteiger partial charge in [-0.25, -0.2) is 4.57 Å². The molecule has 0 aliphatic heterocycles. The van der Waals surface area contributed by atoms with Crippen molar-refractivity contribution in [3.05, 3.63) is 109 Å². The minimum atomic E-state index is -4.83. The van der Waals surface area contributed by atoms with Gasteiger partial charge >= 0.3 is 19.8 Å². The second kappa shape index (κ2) is 38.5. The van der Waals surface area contributed by atoms with Crippen molar-refractivity contribution in [2.45, 2.75) is 148 Å². The van der Waals surface area contributed by atoms with Crippen molar-refractivity contribution in [3.63, 3.8) is 0 Å². The van der Waals surface area contributed by atoms with Crippen molar-refractivity contribution in [2.75, 3.05) is 13.2 Å². The van der Waals surface area contributed by atoms with E-state index in [1.165, 1.54) is 38.5 Å². The number of aliphatic hydroxyl groups excluding tert-OH is 2. The number of carbonyl (C=O) groups excluding carboxylic acids is 2. The summed E-state index contributed by atoms with van der Waals surface area (Å²) in [5.74, 6) is -1.14. The standard InChI is InChI=1S/C45H71O10P/c1-3-5-7-8-9-10-11-12-13-14-15-16-17-18-22-25-31-37-44(48)53-39-43(40-54-56(50,51)52)55-45(49)38-32-26-30-36-42(47)35-29-24-21-19-20-23-28-34-41(46)33-27-6-4-2/h6,12-13,15-16,18,20-24,27-30,34-36,41-43,46-47H,3-5,7-11,14,17,19,25-26,31-33,37-40H2,1-2H3,(H2,50,51,52)/b13-12-,16-15-,22-18-,23-20-,24-21-,27-6-,34-28+,35-29+,36-30-/t41-,42-,43+/m0/s1. The lowest BCUT2D eigenvalue weighted by atomic mass is 10.1. The van der Waals surface area contributed by atoms with Crippen LogP contribution in [0.1, 0.15) is 129 Å². The SMILES string of the molecule is CC/C=C\C[C@H](O)/C=C/C=C\C/C=C\C=C\[C@H](O)/C=C\CCCC(=O)O[C@H](COC(=O)CCC/C=C\C/C=C\C/C=C\CCCCCCCC)COP(=O)(O)O. The maximum absolute atomic E-state index is 12.4. The maximum Gasteiger partial charge on any atom is 0.469 e. The van der Waals surface area contributed by atoms with E-state index in [0.717, 1.165) is 25.7 Å². The first-order chi connectivity index (χ1) is 27.1. The van der Waals surface area contributed by atoms with Crippen LogP contribution in [0.4, 0.5) is 0 Å². The van der Waals surface area contributed by atoms with Gasteiger partial charge in [-0.3, -0.25) is 14.1 Å². The molecule has 0 rings (SSSR count).